The number of hydrogen-bond donors (Lipinski definition) is 1. The zero-order valence-electron chi connectivity index (χ0n) is 13.3. The van der Waals surface area contributed by atoms with E-state index in [1.807, 2.05) is 13.8 Å². The number of aryl methyl sites for hydroxylation is 1. The normalized spacial score (nSPS) is 16.7. The predicted molar refractivity (Wildman–Crippen MR) is 88.0 cm³/mol. The first-order valence-electron chi connectivity index (χ1n) is 7.71. The second-order valence-electron chi connectivity index (χ2n) is 5.12. The van der Waals surface area contributed by atoms with E-state index in [9.17, 15) is 9.59 Å². The number of rotatable bonds is 7. The Kier molecular flexibility index (Phi) is 5.91. The molecule has 0 aromatic carbocycles. The van der Waals surface area contributed by atoms with Gasteiger partial charge in [-0.2, -0.15) is 0 Å². The number of nitrogens with one attached hydrogen (secondary N) is 1. The highest BCUT2D eigenvalue weighted by Gasteiger charge is 2.23. The van der Waals surface area contributed by atoms with Crippen LogP contribution in [0.25, 0.3) is 6.08 Å². The minimum atomic E-state index is -0.432. The van der Waals surface area contributed by atoms with E-state index in [0.29, 0.717) is 23.3 Å². The molecule has 0 fully saturated rings. The van der Waals surface area contributed by atoms with Crippen molar-refractivity contribution in [2.24, 2.45) is 5.16 Å². The van der Waals surface area contributed by atoms with Crippen LogP contribution in [0.2, 0.25) is 0 Å². The lowest BCUT2D eigenvalue weighted by Crippen LogP contribution is -2.04. The van der Waals surface area contributed by atoms with Crippen molar-refractivity contribution in [3.05, 3.63) is 51.6 Å². The Morgan fingerprint density at radius 2 is 1.87 bits per heavy atom. The van der Waals surface area contributed by atoms with Crippen LogP contribution in [-0.4, -0.2) is 16.8 Å². The summed E-state index contributed by atoms with van der Waals surface area (Å²) in [5, 5.41) is 6.39. The van der Waals surface area contributed by atoms with Crippen molar-refractivity contribution in [2.75, 3.05) is 0 Å². The third-order valence-electron chi connectivity index (χ3n) is 3.32. The summed E-state index contributed by atoms with van der Waals surface area (Å²) in [5.74, 6) is -0.432. The van der Waals surface area contributed by atoms with E-state index in [4.69, 9.17) is 4.52 Å². The summed E-state index contributed by atoms with van der Waals surface area (Å²) in [6.07, 6.45) is 11.8. The number of aromatic nitrogens is 1. The first kappa shape index (κ1) is 16.7. The largest absolute Gasteiger partial charge is 0.367 e. The Balaban J connectivity index is 2.06. The van der Waals surface area contributed by atoms with Gasteiger partial charge >= 0.3 is 11.6 Å². The van der Waals surface area contributed by atoms with Gasteiger partial charge in [0.05, 0.1) is 22.5 Å². The summed E-state index contributed by atoms with van der Waals surface area (Å²) >= 11 is 0. The van der Waals surface area contributed by atoms with E-state index in [2.05, 4.69) is 15.1 Å². The number of H-pyrrole nitrogens is 1. The van der Waals surface area contributed by atoms with Crippen LogP contribution < -0.4 is 5.63 Å². The Hall–Kier alpha value is -2.63. The lowest BCUT2D eigenvalue weighted by atomic mass is 10.1. The van der Waals surface area contributed by atoms with Crippen molar-refractivity contribution in [2.45, 2.75) is 39.5 Å². The first-order valence-corrected chi connectivity index (χ1v) is 7.71. The van der Waals surface area contributed by atoms with Gasteiger partial charge < -0.3 is 9.36 Å². The molecule has 0 aliphatic carbocycles. The van der Waals surface area contributed by atoms with Gasteiger partial charge in [0.15, 0.2) is 0 Å². The van der Waals surface area contributed by atoms with Crippen LogP contribution in [0, 0.1) is 0 Å². The number of carbonyl (C=O) groups is 1. The summed E-state index contributed by atoms with van der Waals surface area (Å²) < 4.78 is 4.80. The average molecular weight is 316 g/mol. The summed E-state index contributed by atoms with van der Waals surface area (Å²) in [4.78, 5) is 27.8. The smallest absolute Gasteiger partial charge is 0.338 e. The van der Waals surface area contributed by atoms with Gasteiger partial charge in [0.2, 0.25) is 0 Å². The Labute approximate surface area is 134 Å². The van der Waals surface area contributed by atoms with Crippen LogP contribution in [0.3, 0.4) is 0 Å². The number of nitrogens with zero attached hydrogens (tertiary/aromatic N) is 1. The van der Waals surface area contributed by atoms with Crippen LogP contribution in [0.4, 0.5) is 0 Å². The topological polar surface area (TPSA) is 84.7 Å². The van der Waals surface area contributed by atoms with Gasteiger partial charge in [-0.1, -0.05) is 50.1 Å². The minimum Gasteiger partial charge on any atom is -0.338 e. The molecule has 0 spiro atoms. The quantitative estimate of drug-likeness (QED) is 0.476. The standard InChI is InChI=1S/C17H20N2O4/c1-3-8-14-12(16(20)22-18-14)10-6-5-7-11-13-15(9-4-2)19-23-17(13)21/h5-7,10-11,18H,3-4,8-9H2,1-2H3/b7-5+,10-6-,13-11-. The van der Waals surface area contributed by atoms with Gasteiger partial charge in [-0.3, -0.25) is 0 Å². The van der Waals surface area contributed by atoms with Crippen molar-refractivity contribution in [1.82, 2.24) is 5.16 Å². The SMILES string of the molecule is CCCC1=NOC(=O)\C1=C/C=C/C=C\c1c(CCC)[nH]oc1=O. The minimum absolute atomic E-state index is 0.381. The first-order chi connectivity index (χ1) is 11.2. The fourth-order valence-electron chi connectivity index (χ4n) is 2.21. The molecule has 1 N–H and O–H groups in total. The summed E-state index contributed by atoms with van der Waals surface area (Å²) in [7, 11) is 0. The molecule has 1 aromatic heterocycles. The number of oxime groups is 1. The van der Waals surface area contributed by atoms with Gasteiger partial charge in [-0.15, -0.1) is 0 Å². The van der Waals surface area contributed by atoms with Crippen LogP contribution in [0.5, 0.6) is 0 Å². The molecule has 0 bridgehead atoms. The molecule has 1 aliphatic rings. The number of carbonyl (C=O) groups excluding carboxylic acids is 1. The van der Waals surface area contributed by atoms with Gasteiger partial charge in [0, 0.05) is 0 Å². The molecular weight excluding hydrogens is 296 g/mol. The molecule has 2 heterocycles. The Bertz CT molecular complexity index is 732. The highest BCUT2D eigenvalue weighted by molar-refractivity contribution is 6.22. The average Bonchev–Trinajstić information content (AvgIpc) is 3.05. The molecule has 2 rings (SSSR count). The monoisotopic (exact) mass is 316 g/mol. The van der Waals surface area contributed by atoms with Crippen molar-refractivity contribution >= 4 is 17.8 Å². The van der Waals surface area contributed by atoms with Crippen LogP contribution >= 0.6 is 0 Å². The maximum absolute atomic E-state index is 11.6. The molecule has 1 aromatic rings. The molecule has 23 heavy (non-hydrogen) atoms. The van der Waals surface area contributed by atoms with E-state index < -0.39 is 5.97 Å². The van der Waals surface area contributed by atoms with Crippen molar-refractivity contribution in [3.63, 3.8) is 0 Å². The van der Waals surface area contributed by atoms with E-state index in [1.54, 1.807) is 30.4 Å². The summed E-state index contributed by atoms with van der Waals surface area (Å²) in [6, 6.07) is 0. The van der Waals surface area contributed by atoms with Crippen LogP contribution in [0.15, 0.2) is 44.4 Å². The number of hydrogen-bond acceptors (Lipinski definition) is 5. The maximum atomic E-state index is 11.6. The van der Waals surface area contributed by atoms with Crippen molar-refractivity contribution in [1.29, 1.82) is 0 Å². The van der Waals surface area contributed by atoms with E-state index in [1.165, 1.54) is 0 Å². The van der Waals surface area contributed by atoms with Gasteiger partial charge in [-0.05, 0) is 25.0 Å². The maximum Gasteiger partial charge on any atom is 0.367 e. The molecule has 0 radical (unpaired) electrons. The third-order valence-corrected chi connectivity index (χ3v) is 3.32. The Morgan fingerprint density at radius 3 is 2.61 bits per heavy atom. The molecule has 0 saturated carbocycles. The molecule has 0 unspecified atom stereocenters. The molecule has 122 valence electrons. The van der Waals surface area contributed by atoms with E-state index >= 15 is 0 Å². The number of allylic oxidation sites excluding steroid dienone is 4. The molecule has 6 nitrogen and oxygen atoms in total. The lowest BCUT2D eigenvalue weighted by molar-refractivity contribution is -0.136. The molecular formula is C17H20N2O4. The highest BCUT2D eigenvalue weighted by Crippen LogP contribution is 2.15. The fraction of sp³-hybridized carbons (Fsp3) is 0.353. The second-order valence-corrected chi connectivity index (χ2v) is 5.12. The van der Waals surface area contributed by atoms with Crippen LogP contribution in [-0.2, 0) is 16.1 Å². The molecule has 0 amide bonds. The van der Waals surface area contributed by atoms with Gasteiger partial charge in [0.25, 0.3) is 0 Å². The van der Waals surface area contributed by atoms with Gasteiger partial charge in [-0.25, -0.2) is 14.7 Å². The molecule has 6 heteroatoms. The molecule has 0 atom stereocenters. The molecule has 0 saturated heterocycles. The van der Waals surface area contributed by atoms with Crippen molar-refractivity contribution in [3.8, 4) is 0 Å². The summed E-state index contributed by atoms with van der Waals surface area (Å²) in [5.41, 5.74) is 2.08. The fourth-order valence-corrected chi connectivity index (χ4v) is 2.21. The zero-order chi connectivity index (χ0) is 16.7. The zero-order valence-corrected chi connectivity index (χ0v) is 13.3. The van der Waals surface area contributed by atoms with Gasteiger partial charge in [0.1, 0.15) is 0 Å². The number of aromatic amines is 1. The second kappa shape index (κ2) is 8.12. The van der Waals surface area contributed by atoms with Crippen LogP contribution in [0.1, 0.15) is 44.4 Å². The van der Waals surface area contributed by atoms with Crippen molar-refractivity contribution < 1.29 is 14.2 Å². The Morgan fingerprint density at radius 1 is 1.09 bits per heavy atom. The molecule has 1 aliphatic heterocycles. The van der Waals surface area contributed by atoms with E-state index in [0.717, 1.165) is 25.0 Å². The third kappa shape index (κ3) is 4.18. The highest BCUT2D eigenvalue weighted by atomic mass is 16.7. The predicted octanol–water partition coefficient (Wildman–Crippen LogP) is 3.13. The van der Waals surface area contributed by atoms with E-state index in [-0.39, 0.29) is 5.63 Å². The lowest BCUT2D eigenvalue weighted by Gasteiger charge is -1.94. The summed E-state index contributed by atoms with van der Waals surface area (Å²) in [6.45, 7) is 4.04.